The third kappa shape index (κ3) is 7.69. The minimum atomic E-state index is -0.485. The summed E-state index contributed by atoms with van der Waals surface area (Å²) in [6, 6.07) is 5.69. The fraction of sp³-hybridized carbons (Fsp3) is 0.533. The van der Waals surface area contributed by atoms with Crippen molar-refractivity contribution in [3.05, 3.63) is 33.3 Å². The Morgan fingerprint density at radius 1 is 1.43 bits per heavy atom. The maximum atomic E-state index is 11.6. The Morgan fingerprint density at radius 3 is 2.71 bits per heavy atom. The van der Waals surface area contributed by atoms with E-state index in [1.54, 1.807) is 0 Å². The summed E-state index contributed by atoms with van der Waals surface area (Å²) < 4.78 is 6.19. The van der Waals surface area contributed by atoms with E-state index in [-0.39, 0.29) is 6.04 Å². The smallest absolute Gasteiger partial charge is 0.407 e. The van der Waals surface area contributed by atoms with E-state index in [0.717, 1.165) is 15.1 Å². The molecule has 21 heavy (non-hydrogen) atoms. The Kier molecular flexibility index (Phi) is 6.97. The molecular weight excluding hydrogens is 356 g/mol. The monoisotopic (exact) mass is 376 g/mol. The van der Waals surface area contributed by atoms with Crippen molar-refractivity contribution in [2.45, 2.75) is 45.9 Å². The maximum Gasteiger partial charge on any atom is 0.407 e. The maximum absolute atomic E-state index is 11.6. The molecule has 118 valence electrons. The minimum absolute atomic E-state index is 0.0363. The second-order valence-electron chi connectivity index (χ2n) is 5.91. The van der Waals surface area contributed by atoms with Gasteiger partial charge >= 0.3 is 6.09 Å². The van der Waals surface area contributed by atoms with Crippen LogP contribution >= 0.6 is 27.5 Å². The number of hydrogen-bond donors (Lipinski definition) is 2. The number of halogens is 2. The Morgan fingerprint density at radius 2 is 2.10 bits per heavy atom. The molecule has 0 radical (unpaired) electrons. The van der Waals surface area contributed by atoms with E-state index in [1.165, 1.54) is 0 Å². The van der Waals surface area contributed by atoms with Crippen molar-refractivity contribution in [2.24, 2.45) is 0 Å². The van der Waals surface area contributed by atoms with Crippen LogP contribution in [0, 0.1) is 0 Å². The molecule has 0 aliphatic rings. The van der Waals surface area contributed by atoms with E-state index in [9.17, 15) is 4.79 Å². The van der Waals surface area contributed by atoms with Gasteiger partial charge in [0.2, 0.25) is 0 Å². The summed E-state index contributed by atoms with van der Waals surface area (Å²) in [6.07, 6.45) is -0.405. The highest BCUT2D eigenvalue weighted by Gasteiger charge is 2.17. The molecule has 0 saturated heterocycles. The highest BCUT2D eigenvalue weighted by atomic mass is 79.9. The summed E-state index contributed by atoms with van der Waals surface area (Å²) in [4.78, 5) is 11.6. The van der Waals surface area contributed by atoms with Crippen molar-refractivity contribution in [1.29, 1.82) is 0 Å². The summed E-state index contributed by atoms with van der Waals surface area (Å²) in [7, 11) is 0. The summed E-state index contributed by atoms with van der Waals surface area (Å²) in [5.74, 6) is 0. The zero-order chi connectivity index (χ0) is 16.0. The standard InChI is InChI=1S/C15H22BrClN2O2/c1-10(19-14(20)21-15(2,3)4)8-18-9-11-7-12(16)5-6-13(11)17/h5-7,10,18H,8-9H2,1-4H3,(H,19,20). The number of ether oxygens (including phenoxy) is 1. The van der Waals surface area contributed by atoms with Crippen molar-refractivity contribution >= 4 is 33.6 Å². The van der Waals surface area contributed by atoms with Gasteiger partial charge in [0, 0.05) is 28.6 Å². The van der Waals surface area contributed by atoms with Crippen LogP contribution in [0.15, 0.2) is 22.7 Å². The minimum Gasteiger partial charge on any atom is -0.444 e. The fourth-order valence-corrected chi connectivity index (χ4v) is 2.25. The molecule has 2 N–H and O–H groups in total. The SMILES string of the molecule is CC(CNCc1cc(Br)ccc1Cl)NC(=O)OC(C)(C)C. The molecule has 0 fully saturated rings. The Bertz CT molecular complexity index is 489. The molecule has 0 aromatic heterocycles. The van der Waals surface area contributed by atoms with E-state index in [2.05, 4.69) is 26.6 Å². The molecular formula is C15H22BrClN2O2. The number of carbonyl (C=O) groups excluding carboxylic acids is 1. The number of benzene rings is 1. The zero-order valence-corrected chi connectivity index (χ0v) is 15.1. The van der Waals surface area contributed by atoms with Crippen LogP contribution in [0.5, 0.6) is 0 Å². The van der Waals surface area contributed by atoms with Crippen molar-refractivity contribution in [1.82, 2.24) is 10.6 Å². The first-order chi connectivity index (χ1) is 9.67. The van der Waals surface area contributed by atoms with Crippen LogP contribution in [-0.4, -0.2) is 24.3 Å². The highest BCUT2D eigenvalue weighted by molar-refractivity contribution is 9.10. The van der Waals surface area contributed by atoms with E-state index in [1.807, 2.05) is 45.9 Å². The Balaban J connectivity index is 2.35. The molecule has 0 bridgehead atoms. The number of rotatable bonds is 5. The number of carbonyl (C=O) groups is 1. The fourth-order valence-electron chi connectivity index (χ4n) is 1.66. The molecule has 0 aliphatic carbocycles. The molecule has 4 nitrogen and oxygen atoms in total. The third-order valence-corrected chi connectivity index (χ3v) is 3.40. The van der Waals surface area contributed by atoms with Crippen molar-refractivity contribution < 1.29 is 9.53 Å². The van der Waals surface area contributed by atoms with Gasteiger partial charge in [-0.05, 0) is 51.5 Å². The van der Waals surface area contributed by atoms with E-state index in [0.29, 0.717) is 13.1 Å². The van der Waals surface area contributed by atoms with E-state index < -0.39 is 11.7 Å². The predicted molar refractivity (Wildman–Crippen MR) is 89.7 cm³/mol. The number of hydrogen-bond acceptors (Lipinski definition) is 3. The summed E-state index contributed by atoms with van der Waals surface area (Å²) in [6.45, 7) is 8.69. The first-order valence-electron chi connectivity index (χ1n) is 6.81. The molecule has 6 heteroatoms. The lowest BCUT2D eigenvalue weighted by Crippen LogP contribution is -2.42. The summed E-state index contributed by atoms with van der Waals surface area (Å²) in [5, 5.41) is 6.77. The Hall–Kier alpha value is -0.780. The summed E-state index contributed by atoms with van der Waals surface area (Å²) in [5.41, 5.74) is 0.525. The quantitative estimate of drug-likeness (QED) is 0.812. The molecule has 0 spiro atoms. The molecule has 1 aromatic carbocycles. The lowest BCUT2D eigenvalue weighted by molar-refractivity contribution is 0.0508. The molecule has 1 unspecified atom stereocenters. The number of alkyl carbamates (subject to hydrolysis) is 1. The van der Waals surface area contributed by atoms with Gasteiger partial charge in [-0.25, -0.2) is 4.79 Å². The topological polar surface area (TPSA) is 50.4 Å². The lowest BCUT2D eigenvalue weighted by atomic mass is 10.2. The van der Waals surface area contributed by atoms with Gasteiger partial charge in [0.05, 0.1) is 0 Å². The van der Waals surface area contributed by atoms with Crippen LogP contribution in [0.3, 0.4) is 0 Å². The lowest BCUT2D eigenvalue weighted by Gasteiger charge is -2.22. The zero-order valence-electron chi connectivity index (χ0n) is 12.8. The molecule has 1 amide bonds. The van der Waals surface area contributed by atoms with Crippen LogP contribution in [0.1, 0.15) is 33.3 Å². The van der Waals surface area contributed by atoms with Gasteiger partial charge in [0.1, 0.15) is 5.60 Å². The van der Waals surface area contributed by atoms with Gasteiger partial charge in [-0.2, -0.15) is 0 Å². The molecule has 1 rings (SSSR count). The third-order valence-electron chi connectivity index (χ3n) is 2.54. The van der Waals surface area contributed by atoms with Crippen LogP contribution in [0.4, 0.5) is 4.79 Å². The number of amides is 1. The van der Waals surface area contributed by atoms with Gasteiger partial charge in [0.25, 0.3) is 0 Å². The molecule has 0 saturated carbocycles. The van der Waals surface area contributed by atoms with Crippen LogP contribution in [0.2, 0.25) is 5.02 Å². The average molecular weight is 378 g/mol. The second-order valence-corrected chi connectivity index (χ2v) is 7.24. The average Bonchev–Trinajstić information content (AvgIpc) is 2.31. The van der Waals surface area contributed by atoms with Gasteiger partial charge in [-0.3, -0.25) is 0 Å². The Labute approximate surface area is 139 Å². The normalized spacial score (nSPS) is 12.9. The highest BCUT2D eigenvalue weighted by Crippen LogP contribution is 2.20. The first-order valence-corrected chi connectivity index (χ1v) is 7.98. The van der Waals surface area contributed by atoms with Crippen molar-refractivity contribution in [3.63, 3.8) is 0 Å². The largest absolute Gasteiger partial charge is 0.444 e. The van der Waals surface area contributed by atoms with Gasteiger partial charge in [0.15, 0.2) is 0 Å². The molecule has 1 aromatic rings. The van der Waals surface area contributed by atoms with Gasteiger partial charge < -0.3 is 15.4 Å². The van der Waals surface area contributed by atoms with Crippen molar-refractivity contribution in [3.8, 4) is 0 Å². The van der Waals surface area contributed by atoms with Gasteiger partial charge in [-0.15, -0.1) is 0 Å². The predicted octanol–water partition coefficient (Wildman–Crippen LogP) is 4.11. The van der Waals surface area contributed by atoms with Crippen LogP contribution in [0.25, 0.3) is 0 Å². The summed E-state index contributed by atoms with van der Waals surface area (Å²) >= 11 is 9.54. The molecule has 1 atom stereocenters. The molecule has 0 aliphatic heterocycles. The number of nitrogens with one attached hydrogen (secondary N) is 2. The van der Waals surface area contributed by atoms with Gasteiger partial charge in [-0.1, -0.05) is 27.5 Å². The van der Waals surface area contributed by atoms with Crippen LogP contribution < -0.4 is 10.6 Å². The van der Waals surface area contributed by atoms with E-state index >= 15 is 0 Å². The first kappa shape index (κ1) is 18.3. The second kappa shape index (κ2) is 8.01. The van der Waals surface area contributed by atoms with E-state index in [4.69, 9.17) is 16.3 Å². The van der Waals surface area contributed by atoms with Crippen LogP contribution in [-0.2, 0) is 11.3 Å². The molecule has 0 heterocycles. The van der Waals surface area contributed by atoms with Crippen molar-refractivity contribution in [2.75, 3.05) is 6.54 Å².